The highest BCUT2D eigenvalue weighted by molar-refractivity contribution is 7.86. The minimum atomic E-state index is -4.11. The first kappa shape index (κ1) is 26.9. The molecule has 3 heterocycles. The summed E-state index contributed by atoms with van der Waals surface area (Å²) in [5, 5.41) is 10.0. The number of benzene rings is 2. The average Bonchev–Trinajstić information content (AvgIpc) is 3.38. The van der Waals surface area contributed by atoms with Crippen molar-refractivity contribution in [3.05, 3.63) is 66.1 Å². The van der Waals surface area contributed by atoms with Gasteiger partial charge in [0.2, 0.25) is 0 Å². The van der Waals surface area contributed by atoms with E-state index in [1.54, 1.807) is 24.4 Å². The molecule has 1 unspecified atom stereocenters. The molecule has 12 nitrogen and oxygen atoms in total. The lowest BCUT2D eigenvalue weighted by Gasteiger charge is -2.42. The molecule has 14 heteroatoms. The number of hydroxylamine groups is 1. The number of fused-ring (bicyclic) bond motifs is 1. The van der Waals surface area contributed by atoms with E-state index in [2.05, 4.69) is 4.98 Å². The van der Waals surface area contributed by atoms with Crippen LogP contribution in [0.3, 0.4) is 0 Å². The zero-order chi connectivity index (χ0) is 27.6. The SMILES string of the molecule is O=C(NO)C1CN(C(=O)OCc2ccccc2)CCN1S(=O)(=O)N1CCN(c2c[nH]c3ccc(F)cc23)CC1. The normalized spacial score (nSPS) is 19.3. The third-order valence-electron chi connectivity index (χ3n) is 7.03. The fourth-order valence-electron chi connectivity index (χ4n) is 4.95. The highest BCUT2D eigenvalue weighted by Crippen LogP contribution is 2.29. The molecule has 0 aliphatic carbocycles. The Morgan fingerprint density at radius 3 is 2.51 bits per heavy atom. The highest BCUT2D eigenvalue weighted by atomic mass is 32.2. The van der Waals surface area contributed by atoms with Gasteiger partial charge in [-0.15, -0.1) is 0 Å². The van der Waals surface area contributed by atoms with Crippen LogP contribution in [0.5, 0.6) is 0 Å². The second-order valence-corrected chi connectivity index (χ2v) is 11.2. The summed E-state index contributed by atoms with van der Waals surface area (Å²) in [6.45, 7) is 0.596. The molecule has 2 aliphatic heterocycles. The number of carbonyl (C=O) groups excluding carboxylic acids is 2. The number of hydrogen-bond donors (Lipinski definition) is 3. The van der Waals surface area contributed by atoms with Gasteiger partial charge < -0.3 is 19.5 Å². The van der Waals surface area contributed by atoms with Crippen LogP contribution in [0.1, 0.15) is 5.56 Å². The number of piperazine rings is 2. The molecule has 0 spiro atoms. The van der Waals surface area contributed by atoms with Crippen LogP contribution in [0.15, 0.2) is 54.7 Å². The molecular formula is C25H29FN6O6S. The van der Waals surface area contributed by atoms with E-state index in [1.807, 2.05) is 23.1 Å². The van der Waals surface area contributed by atoms with E-state index in [0.717, 1.165) is 21.1 Å². The molecular weight excluding hydrogens is 531 g/mol. The van der Waals surface area contributed by atoms with Crippen LogP contribution in [0, 0.1) is 5.82 Å². The Kier molecular flexibility index (Phi) is 7.70. The largest absolute Gasteiger partial charge is 0.445 e. The van der Waals surface area contributed by atoms with Gasteiger partial charge in [0.1, 0.15) is 18.5 Å². The lowest BCUT2D eigenvalue weighted by Crippen LogP contribution is -2.64. The molecule has 2 aliphatic rings. The van der Waals surface area contributed by atoms with E-state index in [1.165, 1.54) is 26.8 Å². The molecule has 0 bridgehead atoms. The van der Waals surface area contributed by atoms with Gasteiger partial charge in [0.15, 0.2) is 0 Å². The lowest BCUT2D eigenvalue weighted by atomic mass is 10.2. The quantitative estimate of drug-likeness (QED) is 0.307. The van der Waals surface area contributed by atoms with Gasteiger partial charge >= 0.3 is 6.09 Å². The summed E-state index contributed by atoms with van der Waals surface area (Å²) in [6, 6.07) is 12.2. The van der Waals surface area contributed by atoms with E-state index in [-0.39, 0.29) is 45.1 Å². The maximum atomic E-state index is 13.8. The minimum Gasteiger partial charge on any atom is -0.445 e. The zero-order valence-electron chi connectivity index (χ0n) is 21.0. The molecule has 0 saturated carbocycles. The van der Waals surface area contributed by atoms with Gasteiger partial charge in [0.25, 0.3) is 16.1 Å². The predicted molar refractivity (Wildman–Crippen MR) is 140 cm³/mol. The number of nitrogens with one attached hydrogen (secondary N) is 2. The molecule has 39 heavy (non-hydrogen) atoms. The van der Waals surface area contributed by atoms with Crippen molar-refractivity contribution >= 4 is 38.8 Å². The fraction of sp³-hybridized carbons (Fsp3) is 0.360. The maximum Gasteiger partial charge on any atom is 0.410 e. The molecule has 208 valence electrons. The van der Waals surface area contributed by atoms with Gasteiger partial charge in [-0.3, -0.25) is 10.0 Å². The van der Waals surface area contributed by atoms with Gasteiger partial charge in [-0.2, -0.15) is 17.0 Å². The van der Waals surface area contributed by atoms with E-state index in [4.69, 9.17) is 4.74 Å². The number of carbonyl (C=O) groups is 2. The Balaban J connectivity index is 1.24. The van der Waals surface area contributed by atoms with Gasteiger partial charge in [-0.1, -0.05) is 30.3 Å². The Bertz CT molecular complexity index is 1440. The topological polar surface area (TPSA) is 139 Å². The number of hydrogen-bond acceptors (Lipinski definition) is 7. The fourth-order valence-corrected chi connectivity index (χ4v) is 6.67. The summed E-state index contributed by atoms with van der Waals surface area (Å²) in [4.78, 5) is 31.5. The van der Waals surface area contributed by atoms with Crippen LogP contribution in [-0.2, 0) is 26.3 Å². The number of halogens is 1. The molecule has 2 aromatic carbocycles. The Morgan fingerprint density at radius 1 is 1.05 bits per heavy atom. The van der Waals surface area contributed by atoms with Gasteiger partial charge in [0.05, 0.1) is 5.69 Å². The van der Waals surface area contributed by atoms with E-state index < -0.39 is 28.3 Å². The first-order valence-corrected chi connectivity index (χ1v) is 13.9. The summed E-state index contributed by atoms with van der Waals surface area (Å²) < 4.78 is 48.6. The van der Waals surface area contributed by atoms with Crippen LogP contribution in [-0.4, -0.2) is 96.0 Å². The maximum absolute atomic E-state index is 13.8. The number of H-pyrrole nitrogens is 1. The van der Waals surface area contributed by atoms with Crippen molar-refractivity contribution in [2.45, 2.75) is 12.6 Å². The van der Waals surface area contributed by atoms with Crippen LogP contribution in [0.25, 0.3) is 10.9 Å². The first-order chi connectivity index (χ1) is 18.8. The molecule has 3 aromatic rings. The Labute approximate surface area is 224 Å². The third kappa shape index (κ3) is 5.54. The highest BCUT2D eigenvalue weighted by Gasteiger charge is 2.44. The molecule has 2 saturated heterocycles. The lowest BCUT2D eigenvalue weighted by molar-refractivity contribution is -0.134. The Morgan fingerprint density at radius 2 is 1.79 bits per heavy atom. The van der Waals surface area contributed by atoms with E-state index in [0.29, 0.717) is 18.5 Å². The van der Waals surface area contributed by atoms with Crippen LogP contribution >= 0.6 is 0 Å². The van der Waals surface area contributed by atoms with Crippen molar-refractivity contribution in [2.24, 2.45) is 0 Å². The van der Waals surface area contributed by atoms with Gasteiger partial charge in [0, 0.05) is 62.9 Å². The summed E-state index contributed by atoms with van der Waals surface area (Å²) in [5.74, 6) is -1.31. The number of aromatic amines is 1. The van der Waals surface area contributed by atoms with Crippen molar-refractivity contribution in [1.82, 2.24) is 24.0 Å². The van der Waals surface area contributed by atoms with Crippen molar-refractivity contribution in [3.63, 3.8) is 0 Å². The standard InChI is InChI=1S/C25H29FN6O6S/c26-19-6-7-21-20(14-19)22(15-27-21)29-8-11-31(12-9-29)39(36,37)32-13-10-30(16-23(32)24(33)28-35)25(34)38-17-18-4-2-1-3-5-18/h1-7,14-15,23,27,35H,8-13,16-17H2,(H,28,33). The number of anilines is 1. The van der Waals surface area contributed by atoms with Crippen molar-refractivity contribution in [2.75, 3.05) is 50.7 Å². The second-order valence-electron chi connectivity index (χ2n) is 9.35. The molecule has 2 amide bonds. The smallest absolute Gasteiger partial charge is 0.410 e. The molecule has 0 radical (unpaired) electrons. The average molecular weight is 561 g/mol. The number of amides is 2. The number of aromatic nitrogens is 1. The van der Waals surface area contributed by atoms with Crippen molar-refractivity contribution in [1.29, 1.82) is 0 Å². The Hall–Kier alpha value is -3.72. The van der Waals surface area contributed by atoms with Gasteiger partial charge in [-0.25, -0.2) is 14.7 Å². The number of ether oxygens (including phenoxy) is 1. The summed E-state index contributed by atoms with van der Waals surface area (Å²) in [7, 11) is -4.11. The number of nitrogens with zero attached hydrogens (tertiary/aromatic N) is 4. The number of rotatable bonds is 6. The summed E-state index contributed by atoms with van der Waals surface area (Å²) in [5.41, 5.74) is 3.86. The van der Waals surface area contributed by atoms with Gasteiger partial charge in [-0.05, 0) is 23.8 Å². The van der Waals surface area contributed by atoms with E-state index >= 15 is 0 Å². The molecule has 2 fully saturated rings. The van der Waals surface area contributed by atoms with Crippen LogP contribution in [0.4, 0.5) is 14.9 Å². The summed E-state index contributed by atoms with van der Waals surface area (Å²) in [6.07, 6.45) is 1.09. The molecule has 3 N–H and O–H groups in total. The van der Waals surface area contributed by atoms with Crippen molar-refractivity contribution < 1.29 is 32.3 Å². The van der Waals surface area contributed by atoms with Crippen LogP contribution < -0.4 is 10.4 Å². The zero-order valence-corrected chi connectivity index (χ0v) is 21.8. The monoisotopic (exact) mass is 560 g/mol. The van der Waals surface area contributed by atoms with Crippen LogP contribution in [0.2, 0.25) is 0 Å². The first-order valence-electron chi connectivity index (χ1n) is 12.5. The molecule has 1 atom stereocenters. The van der Waals surface area contributed by atoms with E-state index in [9.17, 15) is 27.6 Å². The molecule has 1 aromatic heterocycles. The third-order valence-corrected chi connectivity index (χ3v) is 9.08. The van der Waals surface area contributed by atoms with Crippen molar-refractivity contribution in [3.8, 4) is 0 Å². The molecule has 5 rings (SSSR count). The second kappa shape index (κ2) is 11.2. The summed E-state index contributed by atoms with van der Waals surface area (Å²) >= 11 is 0. The minimum absolute atomic E-state index is 0.0168. The predicted octanol–water partition coefficient (Wildman–Crippen LogP) is 1.50.